The van der Waals surface area contributed by atoms with Gasteiger partial charge in [-0.05, 0) is 18.6 Å². The summed E-state index contributed by atoms with van der Waals surface area (Å²) in [6.07, 6.45) is 7.64. The van der Waals surface area contributed by atoms with Crippen molar-refractivity contribution in [3.63, 3.8) is 0 Å². The zero-order valence-electron chi connectivity index (χ0n) is 9.78. The number of hydrogen-bond donors (Lipinski definition) is 0. The number of nitriles is 1. The molecule has 0 aliphatic rings. The molecule has 0 spiro atoms. The van der Waals surface area contributed by atoms with Crippen LogP contribution in [0.25, 0.3) is 0 Å². The van der Waals surface area contributed by atoms with Gasteiger partial charge in [0.15, 0.2) is 11.4 Å². The van der Waals surface area contributed by atoms with Gasteiger partial charge in [-0.25, -0.2) is 4.98 Å². The fourth-order valence-electron chi connectivity index (χ4n) is 1.48. The van der Waals surface area contributed by atoms with Crippen LogP contribution in [0.2, 0.25) is 0 Å². The van der Waals surface area contributed by atoms with Crippen molar-refractivity contribution in [2.24, 2.45) is 0 Å². The normalized spacial score (nSPS) is 9.75. The molecule has 0 saturated carbocycles. The van der Waals surface area contributed by atoms with Gasteiger partial charge < -0.3 is 4.74 Å². The fourth-order valence-corrected chi connectivity index (χ4v) is 1.48. The van der Waals surface area contributed by atoms with Crippen LogP contribution in [0.3, 0.4) is 0 Å². The van der Waals surface area contributed by atoms with Gasteiger partial charge >= 0.3 is 0 Å². The highest BCUT2D eigenvalue weighted by Gasteiger charge is 2.02. The summed E-state index contributed by atoms with van der Waals surface area (Å²) in [6.45, 7) is 2.87. The molecule has 1 aromatic rings. The summed E-state index contributed by atoms with van der Waals surface area (Å²) in [5, 5.41) is 8.80. The van der Waals surface area contributed by atoms with Crippen LogP contribution in [0.1, 0.15) is 44.7 Å². The summed E-state index contributed by atoms with van der Waals surface area (Å²) >= 11 is 0. The number of aromatic nitrogens is 1. The molecule has 0 N–H and O–H groups in total. The fraction of sp³-hybridized carbons (Fsp3) is 0.538. The van der Waals surface area contributed by atoms with Crippen molar-refractivity contribution in [2.75, 3.05) is 6.61 Å². The Bertz CT molecular complexity index is 344. The average Bonchev–Trinajstić information content (AvgIpc) is 2.34. The topological polar surface area (TPSA) is 45.9 Å². The molecule has 0 bridgehead atoms. The predicted molar refractivity (Wildman–Crippen MR) is 63.2 cm³/mol. The molecule has 0 fully saturated rings. The largest absolute Gasteiger partial charge is 0.491 e. The first kappa shape index (κ1) is 12.5. The Morgan fingerprint density at radius 1 is 1.31 bits per heavy atom. The van der Waals surface area contributed by atoms with E-state index in [-0.39, 0.29) is 0 Å². The number of hydrogen-bond acceptors (Lipinski definition) is 3. The van der Waals surface area contributed by atoms with Gasteiger partial charge in [0.2, 0.25) is 0 Å². The minimum atomic E-state index is 0.371. The molecule has 3 heteroatoms. The van der Waals surface area contributed by atoms with E-state index in [0.717, 1.165) is 6.42 Å². The first-order chi connectivity index (χ1) is 7.88. The molecular weight excluding hydrogens is 200 g/mol. The van der Waals surface area contributed by atoms with Crippen LogP contribution in [0, 0.1) is 11.3 Å². The van der Waals surface area contributed by atoms with E-state index in [4.69, 9.17) is 10.00 Å². The van der Waals surface area contributed by atoms with Gasteiger partial charge in [-0.15, -0.1) is 0 Å². The quantitative estimate of drug-likeness (QED) is 0.659. The maximum absolute atomic E-state index is 8.80. The molecule has 1 aromatic heterocycles. The van der Waals surface area contributed by atoms with Crippen LogP contribution in [0.15, 0.2) is 18.3 Å². The molecule has 16 heavy (non-hydrogen) atoms. The van der Waals surface area contributed by atoms with Crippen molar-refractivity contribution in [1.29, 1.82) is 5.26 Å². The molecular formula is C13H18N2O. The maximum Gasteiger partial charge on any atom is 0.182 e. The summed E-state index contributed by atoms with van der Waals surface area (Å²) in [6, 6.07) is 5.59. The summed E-state index contributed by atoms with van der Waals surface area (Å²) in [7, 11) is 0. The molecule has 86 valence electrons. The maximum atomic E-state index is 8.80. The second-order valence-electron chi connectivity index (χ2n) is 3.72. The minimum Gasteiger partial charge on any atom is -0.491 e. The van der Waals surface area contributed by atoms with Gasteiger partial charge in [0.05, 0.1) is 6.61 Å². The Hall–Kier alpha value is -1.56. The molecule has 0 aliphatic heterocycles. The van der Waals surface area contributed by atoms with E-state index in [1.165, 1.54) is 25.7 Å². The third kappa shape index (κ3) is 4.31. The Kier molecular flexibility index (Phi) is 6.02. The number of unbranched alkanes of at least 4 members (excludes halogenated alkanes) is 4. The van der Waals surface area contributed by atoms with Crippen LogP contribution >= 0.6 is 0 Å². The Morgan fingerprint density at radius 3 is 2.88 bits per heavy atom. The zero-order valence-corrected chi connectivity index (χ0v) is 9.78. The van der Waals surface area contributed by atoms with Gasteiger partial charge in [-0.2, -0.15) is 5.26 Å². The highest BCUT2D eigenvalue weighted by Crippen LogP contribution is 2.14. The van der Waals surface area contributed by atoms with Gasteiger partial charge in [0.1, 0.15) is 6.07 Å². The lowest BCUT2D eigenvalue weighted by Gasteiger charge is -2.06. The van der Waals surface area contributed by atoms with E-state index >= 15 is 0 Å². The van der Waals surface area contributed by atoms with E-state index in [9.17, 15) is 0 Å². The van der Waals surface area contributed by atoms with E-state index in [1.54, 1.807) is 18.3 Å². The number of nitrogens with zero attached hydrogens (tertiary/aromatic N) is 2. The van der Waals surface area contributed by atoms with Crippen LogP contribution < -0.4 is 4.74 Å². The van der Waals surface area contributed by atoms with Crippen molar-refractivity contribution in [2.45, 2.75) is 39.0 Å². The summed E-state index contributed by atoms with van der Waals surface area (Å²) in [4.78, 5) is 3.94. The molecule has 0 aromatic carbocycles. The molecule has 0 amide bonds. The first-order valence-electron chi connectivity index (χ1n) is 5.86. The van der Waals surface area contributed by atoms with Crippen LogP contribution in [0.5, 0.6) is 5.75 Å². The Balaban J connectivity index is 2.24. The standard InChI is InChI=1S/C13H18N2O/c1-2-3-4-5-6-10-16-13-8-7-9-15-12(13)11-14/h7-9H,2-6,10H2,1H3. The summed E-state index contributed by atoms with van der Waals surface area (Å²) < 4.78 is 5.52. The lowest BCUT2D eigenvalue weighted by atomic mass is 10.2. The third-order valence-corrected chi connectivity index (χ3v) is 2.38. The average molecular weight is 218 g/mol. The second kappa shape index (κ2) is 7.70. The van der Waals surface area contributed by atoms with Crippen molar-refractivity contribution in [3.05, 3.63) is 24.0 Å². The minimum absolute atomic E-state index is 0.371. The Morgan fingerprint density at radius 2 is 2.12 bits per heavy atom. The van der Waals surface area contributed by atoms with Gasteiger partial charge in [0.25, 0.3) is 0 Å². The second-order valence-corrected chi connectivity index (χ2v) is 3.72. The monoisotopic (exact) mass is 218 g/mol. The highest BCUT2D eigenvalue weighted by atomic mass is 16.5. The molecule has 1 heterocycles. The predicted octanol–water partition coefficient (Wildman–Crippen LogP) is 3.30. The first-order valence-corrected chi connectivity index (χ1v) is 5.86. The SMILES string of the molecule is CCCCCCCOc1cccnc1C#N. The van der Waals surface area contributed by atoms with E-state index < -0.39 is 0 Å². The molecule has 1 rings (SSSR count). The number of rotatable bonds is 7. The number of ether oxygens (including phenoxy) is 1. The van der Waals surface area contributed by atoms with Crippen molar-refractivity contribution < 1.29 is 4.74 Å². The van der Waals surface area contributed by atoms with Crippen molar-refractivity contribution >= 4 is 0 Å². The highest BCUT2D eigenvalue weighted by molar-refractivity contribution is 5.36. The lowest BCUT2D eigenvalue weighted by Crippen LogP contribution is -2.00. The molecule has 0 saturated heterocycles. The van der Waals surface area contributed by atoms with E-state index in [1.807, 2.05) is 6.07 Å². The molecule has 3 nitrogen and oxygen atoms in total. The van der Waals surface area contributed by atoms with Gasteiger partial charge in [-0.3, -0.25) is 0 Å². The van der Waals surface area contributed by atoms with Crippen LogP contribution in [0.4, 0.5) is 0 Å². The third-order valence-electron chi connectivity index (χ3n) is 2.38. The van der Waals surface area contributed by atoms with Crippen molar-refractivity contribution in [3.8, 4) is 11.8 Å². The van der Waals surface area contributed by atoms with Gasteiger partial charge in [-0.1, -0.05) is 32.6 Å². The lowest BCUT2D eigenvalue weighted by molar-refractivity contribution is 0.302. The molecule has 0 aliphatic carbocycles. The van der Waals surface area contributed by atoms with E-state index in [0.29, 0.717) is 18.1 Å². The van der Waals surface area contributed by atoms with Crippen LogP contribution in [-0.2, 0) is 0 Å². The Labute approximate surface area is 97.1 Å². The number of pyridine rings is 1. The molecule has 0 atom stereocenters. The summed E-state index contributed by atoms with van der Waals surface area (Å²) in [5.41, 5.74) is 0.371. The van der Waals surface area contributed by atoms with Gasteiger partial charge in [0, 0.05) is 6.20 Å². The van der Waals surface area contributed by atoms with Crippen LogP contribution in [-0.4, -0.2) is 11.6 Å². The summed E-state index contributed by atoms with van der Waals surface area (Å²) in [5.74, 6) is 0.598. The molecule has 0 unspecified atom stereocenters. The van der Waals surface area contributed by atoms with E-state index in [2.05, 4.69) is 11.9 Å². The smallest absolute Gasteiger partial charge is 0.182 e. The zero-order chi connectivity index (χ0) is 11.6. The molecule has 0 radical (unpaired) electrons. The van der Waals surface area contributed by atoms with Crippen molar-refractivity contribution in [1.82, 2.24) is 4.98 Å².